The first-order chi connectivity index (χ1) is 10.4. The summed E-state index contributed by atoms with van der Waals surface area (Å²) in [6, 6.07) is 7.39. The Hall–Kier alpha value is -2.37. The Labute approximate surface area is 130 Å². The Morgan fingerprint density at radius 2 is 1.77 bits per heavy atom. The maximum atomic E-state index is 11.9. The van der Waals surface area contributed by atoms with Gasteiger partial charge in [0.15, 0.2) is 0 Å². The standard InChI is InChI=1S/C16H22N2O4/c1-4-22-16(21)10-9-15(20)18(3)11-14(19)17-13-7-5-12(2)6-8-13/h5-8H,4,9-11H2,1-3H3,(H,17,19). The fraction of sp³-hybridized carbons (Fsp3) is 0.438. The number of rotatable bonds is 7. The molecule has 1 N–H and O–H groups in total. The third-order valence-corrected chi connectivity index (χ3v) is 2.99. The van der Waals surface area contributed by atoms with Crippen molar-refractivity contribution in [3.05, 3.63) is 29.8 Å². The SMILES string of the molecule is CCOC(=O)CCC(=O)N(C)CC(=O)Nc1ccc(C)cc1. The van der Waals surface area contributed by atoms with E-state index in [0.29, 0.717) is 12.3 Å². The summed E-state index contributed by atoms with van der Waals surface area (Å²) in [5.41, 5.74) is 1.78. The van der Waals surface area contributed by atoms with E-state index >= 15 is 0 Å². The van der Waals surface area contributed by atoms with Gasteiger partial charge in [-0.1, -0.05) is 17.7 Å². The van der Waals surface area contributed by atoms with Crippen molar-refractivity contribution < 1.29 is 19.1 Å². The lowest BCUT2D eigenvalue weighted by Gasteiger charge is -2.16. The molecule has 0 radical (unpaired) electrons. The summed E-state index contributed by atoms with van der Waals surface area (Å²) < 4.78 is 4.75. The van der Waals surface area contributed by atoms with Crippen molar-refractivity contribution in [2.75, 3.05) is 25.5 Å². The number of likely N-dealkylation sites (N-methyl/N-ethyl adjacent to an activating group) is 1. The second-order valence-electron chi connectivity index (χ2n) is 4.97. The number of nitrogens with zero attached hydrogens (tertiary/aromatic N) is 1. The first-order valence-electron chi connectivity index (χ1n) is 7.18. The molecule has 0 atom stereocenters. The minimum Gasteiger partial charge on any atom is -0.466 e. The van der Waals surface area contributed by atoms with Crippen LogP contribution in [0.25, 0.3) is 0 Å². The van der Waals surface area contributed by atoms with E-state index in [0.717, 1.165) is 5.56 Å². The molecule has 0 saturated heterocycles. The molecule has 0 fully saturated rings. The minimum absolute atomic E-state index is 0.0244. The Kier molecular flexibility index (Phi) is 7.08. The van der Waals surface area contributed by atoms with Gasteiger partial charge in [-0.3, -0.25) is 14.4 Å². The van der Waals surface area contributed by atoms with Crippen LogP contribution in [0.3, 0.4) is 0 Å². The van der Waals surface area contributed by atoms with E-state index in [1.165, 1.54) is 11.9 Å². The van der Waals surface area contributed by atoms with Gasteiger partial charge in [0.1, 0.15) is 0 Å². The number of carbonyl (C=O) groups is 3. The van der Waals surface area contributed by atoms with Gasteiger partial charge in [-0.25, -0.2) is 0 Å². The number of esters is 1. The van der Waals surface area contributed by atoms with E-state index in [1.807, 2.05) is 19.1 Å². The number of nitrogens with one attached hydrogen (secondary N) is 1. The highest BCUT2D eigenvalue weighted by atomic mass is 16.5. The maximum absolute atomic E-state index is 11.9. The normalized spacial score (nSPS) is 9.95. The van der Waals surface area contributed by atoms with Crippen molar-refractivity contribution in [1.29, 1.82) is 0 Å². The Morgan fingerprint density at radius 1 is 1.14 bits per heavy atom. The molecule has 0 aliphatic rings. The Bertz CT molecular complexity index is 525. The highest BCUT2D eigenvalue weighted by Crippen LogP contribution is 2.08. The first-order valence-corrected chi connectivity index (χ1v) is 7.18. The van der Waals surface area contributed by atoms with Gasteiger partial charge < -0.3 is 15.0 Å². The molecule has 22 heavy (non-hydrogen) atoms. The molecule has 0 aromatic heterocycles. The molecule has 6 heteroatoms. The fourth-order valence-electron chi connectivity index (χ4n) is 1.77. The predicted molar refractivity (Wildman–Crippen MR) is 83.3 cm³/mol. The molecule has 0 bridgehead atoms. The third kappa shape index (κ3) is 6.39. The molecule has 0 aliphatic carbocycles. The van der Waals surface area contributed by atoms with Crippen molar-refractivity contribution in [1.82, 2.24) is 4.90 Å². The van der Waals surface area contributed by atoms with E-state index in [1.54, 1.807) is 19.1 Å². The van der Waals surface area contributed by atoms with Crippen LogP contribution in [0.2, 0.25) is 0 Å². The number of aryl methyl sites for hydroxylation is 1. The van der Waals surface area contributed by atoms with Crippen LogP contribution < -0.4 is 5.32 Å². The molecule has 1 aromatic carbocycles. The van der Waals surface area contributed by atoms with Gasteiger partial charge in [0, 0.05) is 19.2 Å². The van der Waals surface area contributed by atoms with Crippen molar-refractivity contribution in [2.24, 2.45) is 0 Å². The Balaban J connectivity index is 2.38. The number of amides is 2. The third-order valence-electron chi connectivity index (χ3n) is 2.99. The largest absolute Gasteiger partial charge is 0.466 e. The molecule has 0 heterocycles. The van der Waals surface area contributed by atoms with E-state index in [4.69, 9.17) is 4.74 Å². The van der Waals surface area contributed by atoms with Gasteiger partial charge in [-0.15, -0.1) is 0 Å². The zero-order valence-electron chi connectivity index (χ0n) is 13.2. The summed E-state index contributed by atoms with van der Waals surface area (Å²) >= 11 is 0. The molecule has 0 unspecified atom stereocenters. The molecule has 1 rings (SSSR count). The minimum atomic E-state index is -0.409. The fourth-order valence-corrected chi connectivity index (χ4v) is 1.77. The second-order valence-corrected chi connectivity index (χ2v) is 4.97. The molecular weight excluding hydrogens is 284 g/mol. The highest BCUT2D eigenvalue weighted by Gasteiger charge is 2.15. The van der Waals surface area contributed by atoms with E-state index < -0.39 is 5.97 Å². The summed E-state index contributed by atoms with van der Waals surface area (Å²) in [5, 5.41) is 2.72. The molecule has 1 aromatic rings. The van der Waals surface area contributed by atoms with Crippen LogP contribution in [0.15, 0.2) is 24.3 Å². The molecule has 0 aliphatic heterocycles. The average molecular weight is 306 g/mol. The van der Waals surface area contributed by atoms with Gasteiger partial charge in [-0.2, -0.15) is 0 Å². The van der Waals surface area contributed by atoms with Gasteiger partial charge in [0.25, 0.3) is 0 Å². The zero-order valence-corrected chi connectivity index (χ0v) is 13.2. The molecular formula is C16H22N2O4. The first kappa shape index (κ1) is 17.7. The van der Waals surface area contributed by atoms with Crippen molar-refractivity contribution in [3.63, 3.8) is 0 Å². The molecule has 2 amide bonds. The molecule has 0 spiro atoms. The smallest absolute Gasteiger partial charge is 0.306 e. The summed E-state index contributed by atoms with van der Waals surface area (Å²) in [7, 11) is 1.53. The van der Waals surface area contributed by atoms with Gasteiger partial charge in [-0.05, 0) is 26.0 Å². The summed E-state index contributed by atoms with van der Waals surface area (Å²) in [4.78, 5) is 36.2. The van der Waals surface area contributed by atoms with Gasteiger partial charge in [0.05, 0.1) is 19.6 Å². The lowest BCUT2D eigenvalue weighted by atomic mass is 10.2. The van der Waals surface area contributed by atoms with Gasteiger partial charge in [0.2, 0.25) is 11.8 Å². The number of hydrogen-bond acceptors (Lipinski definition) is 4. The van der Waals surface area contributed by atoms with Crippen LogP contribution >= 0.6 is 0 Å². The van der Waals surface area contributed by atoms with E-state index in [-0.39, 0.29) is 31.2 Å². The molecule has 120 valence electrons. The van der Waals surface area contributed by atoms with Crippen LogP contribution in [-0.2, 0) is 19.1 Å². The second kappa shape index (κ2) is 8.81. The van der Waals surface area contributed by atoms with Crippen LogP contribution in [0.4, 0.5) is 5.69 Å². The maximum Gasteiger partial charge on any atom is 0.306 e. The Morgan fingerprint density at radius 3 is 2.36 bits per heavy atom. The number of ether oxygens (including phenoxy) is 1. The van der Waals surface area contributed by atoms with Crippen LogP contribution in [0.5, 0.6) is 0 Å². The number of benzene rings is 1. The summed E-state index contributed by atoms with van der Waals surface area (Å²) in [6.45, 7) is 3.90. The van der Waals surface area contributed by atoms with Crippen LogP contribution in [-0.4, -0.2) is 42.9 Å². The van der Waals surface area contributed by atoms with Crippen molar-refractivity contribution in [2.45, 2.75) is 26.7 Å². The topological polar surface area (TPSA) is 75.7 Å². The molecule has 0 saturated carbocycles. The average Bonchev–Trinajstić information content (AvgIpc) is 2.47. The van der Waals surface area contributed by atoms with Gasteiger partial charge >= 0.3 is 5.97 Å². The van der Waals surface area contributed by atoms with E-state index in [9.17, 15) is 14.4 Å². The van der Waals surface area contributed by atoms with Crippen LogP contribution in [0, 0.1) is 6.92 Å². The highest BCUT2D eigenvalue weighted by molar-refractivity contribution is 5.94. The van der Waals surface area contributed by atoms with Crippen molar-refractivity contribution >= 4 is 23.5 Å². The van der Waals surface area contributed by atoms with E-state index in [2.05, 4.69) is 5.32 Å². The lowest BCUT2D eigenvalue weighted by Crippen LogP contribution is -2.35. The monoisotopic (exact) mass is 306 g/mol. The zero-order chi connectivity index (χ0) is 16.5. The quantitative estimate of drug-likeness (QED) is 0.779. The predicted octanol–water partition coefficient (Wildman–Crippen LogP) is 1.74. The summed E-state index contributed by atoms with van der Waals surface area (Å²) in [6.07, 6.45) is 0.0593. The summed E-state index contributed by atoms with van der Waals surface area (Å²) in [5.74, 6) is -0.962. The van der Waals surface area contributed by atoms with Crippen molar-refractivity contribution in [3.8, 4) is 0 Å². The number of hydrogen-bond donors (Lipinski definition) is 1. The molecule has 6 nitrogen and oxygen atoms in total. The van der Waals surface area contributed by atoms with Crippen LogP contribution in [0.1, 0.15) is 25.3 Å². The lowest BCUT2D eigenvalue weighted by molar-refractivity contribution is -0.145. The number of carbonyl (C=O) groups excluding carboxylic acids is 3. The number of anilines is 1.